The maximum atomic E-state index is 13.0. The monoisotopic (exact) mass is 478 g/mol. The third-order valence-corrected chi connectivity index (χ3v) is 6.02. The van der Waals surface area contributed by atoms with Crippen LogP contribution in [-0.4, -0.2) is 24.6 Å². The van der Waals surface area contributed by atoms with E-state index < -0.39 is 0 Å². The lowest BCUT2D eigenvalue weighted by Crippen LogP contribution is -2.09. The van der Waals surface area contributed by atoms with E-state index in [1.165, 1.54) is 0 Å². The fourth-order valence-electron chi connectivity index (χ4n) is 4.30. The number of aromatic nitrogens is 1. The SMILES string of the molecule is CCOc1cc2occ(-c3cccc(OC)c3)c2cc1/C(C)=C/C(=O)Nc1cccc2cccnc12. The smallest absolute Gasteiger partial charge is 0.248 e. The summed E-state index contributed by atoms with van der Waals surface area (Å²) in [4.78, 5) is 17.4. The van der Waals surface area contributed by atoms with Crippen LogP contribution in [0.3, 0.4) is 0 Å². The molecule has 0 aliphatic carbocycles. The van der Waals surface area contributed by atoms with Crippen molar-refractivity contribution in [3.05, 3.63) is 90.8 Å². The molecule has 6 nitrogen and oxygen atoms in total. The number of nitrogens with zero attached hydrogens (tertiary/aromatic N) is 1. The van der Waals surface area contributed by atoms with Crippen molar-refractivity contribution in [1.82, 2.24) is 4.98 Å². The van der Waals surface area contributed by atoms with Gasteiger partial charge in [-0.15, -0.1) is 0 Å². The number of fused-ring (bicyclic) bond motifs is 2. The van der Waals surface area contributed by atoms with E-state index in [1.807, 2.05) is 80.6 Å². The van der Waals surface area contributed by atoms with Crippen LogP contribution < -0.4 is 14.8 Å². The zero-order chi connectivity index (χ0) is 25.1. The number of furan rings is 1. The molecule has 36 heavy (non-hydrogen) atoms. The van der Waals surface area contributed by atoms with Crippen LogP contribution in [0.2, 0.25) is 0 Å². The van der Waals surface area contributed by atoms with Crippen LogP contribution in [0.1, 0.15) is 19.4 Å². The van der Waals surface area contributed by atoms with Crippen LogP contribution in [-0.2, 0) is 4.79 Å². The second kappa shape index (κ2) is 9.96. The maximum Gasteiger partial charge on any atom is 0.248 e. The number of ether oxygens (including phenoxy) is 2. The number of carbonyl (C=O) groups excluding carboxylic acids is 1. The zero-order valence-corrected chi connectivity index (χ0v) is 20.4. The number of allylic oxidation sites excluding steroid dienone is 1. The average Bonchev–Trinajstić information content (AvgIpc) is 3.31. The Balaban J connectivity index is 1.52. The standard InChI is InChI=1S/C30H26N2O4/c1-4-35-27-17-28-24(25(18-36-28)21-9-5-11-22(15-21)34-3)16-23(27)19(2)14-29(33)32-26-12-6-8-20-10-7-13-31-30(20)26/h5-18H,4H2,1-3H3,(H,32,33)/b19-14+. The summed E-state index contributed by atoms with van der Waals surface area (Å²) < 4.78 is 17.2. The van der Waals surface area contributed by atoms with Crippen molar-refractivity contribution in [2.45, 2.75) is 13.8 Å². The van der Waals surface area contributed by atoms with Gasteiger partial charge >= 0.3 is 0 Å². The summed E-state index contributed by atoms with van der Waals surface area (Å²) in [5.41, 5.74) is 5.62. The summed E-state index contributed by atoms with van der Waals surface area (Å²) in [6.45, 7) is 4.32. The van der Waals surface area contributed by atoms with E-state index in [9.17, 15) is 4.79 Å². The van der Waals surface area contributed by atoms with Crippen LogP contribution in [0, 0.1) is 0 Å². The molecule has 0 radical (unpaired) electrons. The summed E-state index contributed by atoms with van der Waals surface area (Å²) in [6, 6.07) is 21.3. The molecule has 0 aliphatic heterocycles. The number of anilines is 1. The van der Waals surface area contributed by atoms with E-state index in [0.29, 0.717) is 23.6 Å². The number of hydrogen-bond acceptors (Lipinski definition) is 5. The molecule has 1 N–H and O–H groups in total. The van der Waals surface area contributed by atoms with Crippen LogP contribution in [0.4, 0.5) is 5.69 Å². The van der Waals surface area contributed by atoms with Gasteiger partial charge < -0.3 is 19.2 Å². The Kier molecular flexibility index (Phi) is 6.41. The van der Waals surface area contributed by atoms with Gasteiger partial charge in [-0.3, -0.25) is 9.78 Å². The van der Waals surface area contributed by atoms with Crippen molar-refractivity contribution in [3.8, 4) is 22.6 Å². The van der Waals surface area contributed by atoms with Crippen molar-refractivity contribution in [2.24, 2.45) is 0 Å². The van der Waals surface area contributed by atoms with Crippen LogP contribution in [0.5, 0.6) is 11.5 Å². The number of amides is 1. The molecule has 180 valence electrons. The predicted molar refractivity (Wildman–Crippen MR) is 143 cm³/mol. The van der Waals surface area contributed by atoms with E-state index in [0.717, 1.165) is 44.3 Å². The largest absolute Gasteiger partial charge is 0.497 e. The minimum absolute atomic E-state index is 0.242. The predicted octanol–water partition coefficient (Wildman–Crippen LogP) is 7.10. The quantitative estimate of drug-likeness (QED) is 0.253. The van der Waals surface area contributed by atoms with Gasteiger partial charge in [0.25, 0.3) is 0 Å². The van der Waals surface area contributed by atoms with Gasteiger partial charge in [-0.1, -0.05) is 30.3 Å². The first-order valence-corrected chi connectivity index (χ1v) is 11.7. The van der Waals surface area contributed by atoms with Crippen molar-refractivity contribution < 1.29 is 18.7 Å². The van der Waals surface area contributed by atoms with E-state index in [2.05, 4.69) is 10.3 Å². The minimum atomic E-state index is -0.242. The molecular weight excluding hydrogens is 452 g/mol. The summed E-state index contributed by atoms with van der Waals surface area (Å²) in [5.74, 6) is 1.18. The molecule has 0 aliphatic rings. The van der Waals surface area contributed by atoms with E-state index in [4.69, 9.17) is 13.9 Å². The van der Waals surface area contributed by atoms with Crippen LogP contribution in [0.15, 0.2) is 89.7 Å². The highest BCUT2D eigenvalue weighted by Crippen LogP contribution is 2.38. The molecule has 0 spiro atoms. The highest BCUT2D eigenvalue weighted by Gasteiger charge is 2.16. The van der Waals surface area contributed by atoms with Crippen molar-refractivity contribution in [2.75, 3.05) is 19.0 Å². The van der Waals surface area contributed by atoms with E-state index in [1.54, 1.807) is 25.6 Å². The van der Waals surface area contributed by atoms with Gasteiger partial charge in [0.05, 0.1) is 31.2 Å². The lowest BCUT2D eigenvalue weighted by Gasteiger charge is -2.12. The fourth-order valence-corrected chi connectivity index (χ4v) is 4.30. The average molecular weight is 479 g/mol. The molecule has 0 saturated heterocycles. The number of rotatable bonds is 7. The van der Waals surface area contributed by atoms with Gasteiger partial charge in [-0.25, -0.2) is 0 Å². The molecule has 0 fully saturated rings. The van der Waals surface area contributed by atoms with Crippen LogP contribution >= 0.6 is 0 Å². The summed E-state index contributed by atoms with van der Waals surface area (Å²) in [6.07, 6.45) is 5.03. The number of nitrogens with one attached hydrogen (secondary N) is 1. The number of pyridine rings is 1. The van der Waals surface area contributed by atoms with Gasteiger partial charge in [0, 0.05) is 40.2 Å². The first kappa shape index (κ1) is 23.2. The van der Waals surface area contributed by atoms with Gasteiger partial charge in [0.1, 0.15) is 17.1 Å². The first-order chi connectivity index (χ1) is 17.6. The Morgan fingerprint density at radius 3 is 2.75 bits per heavy atom. The number of carbonyl (C=O) groups is 1. The Morgan fingerprint density at radius 2 is 1.92 bits per heavy atom. The summed E-state index contributed by atoms with van der Waals surface area (Å²) >= 11 is 0. The molecular formula is C30H26N2O4. The molecule has 5 rings (SSSR count). The number of methoxy groups -OCH3 is 1. The van der Waals surface area contributed by atoms with Gasteiger partial charge in [-0.05, 0) is 55.3 Å². The Bertz CT molecular complexity index is 1590. The second-order valence-corrected chi connectivity index (χ2v) is 8.36. The van der Waals surface area contributed by atoms with E-state index >= 15 is 0 Å². The zero-order valence-electron chi connectivity index (χ0n) is 20.4. The second-order valence-electron chi connectivity index (χ2n) is 8.36. The van der Waals surface area contributed by atoms with Gasteiger partial charge in [0.2, 0.25) is 5.91 Å². The molecule has 0 atom stereocenters. The highest BCUT2D eigenvalue weighted by molar-refractivity contribution is 6.08. The van der Waals surface area contributed by atoms with Crippen LogP contribution in [0.25, 0.3) is 38.6 Å². The molecule has 0 unspecified atom stereocenters. The normalized spacial score (nSPS) is 11.6. The molecule has 2 aromatic heterocycles. The van der Waals surface area contributed by atoms with E-state index in [-0.39, 0.29) is 5.91 Å². The molecule has 3 aromatic carbocycles. The number of para-hydroxylation sites is 1. The summed E-state index contributed by atoms with van der Waals surface area (Å²) in [5, 5.41) is 4.86. The highest BCUT2D eigenvalue weighted by atomic mass is 16.5. The molecule has 2 heterocycles. The Labute approximate surface area is 209 Å². The molecule has 0 bridgehead atoms. The maximum absolute atomic E-state index is 13.0. The lowest BCUT2D eigenvalue weighted by molar-refractivity contribution is -0.111. The van der Waals surface area contributed by atoms with Gasteiger partial charge in [0.15, 0.2) is 0 Å². The van der Waals surface area contributed by atoms with Crippen molar-refractivity contribution in [1.29, 1.82) is 0 Å². The Morgan fingerprint density at radius 1 is 1.08 bits per heavy atom. The molecule has 6 heteroatoms. The third kappa shape index (κ3) is 4.53. The minimum Gasteiger partial charge on any atom is -0.497 e. The lowest BCUT2D eigenvalue weighted by atomic mass is 9.99. The van der Waals surface area contributed by atoms with Crippen molar-refractivity contribution >= 4 is 39.0 Å². The molecule has 5 aromatic rings. The fraction of sp³-hybridized carbons (Fsp3) is 0.133. The topological polar surface area (TPSA) is 73.6 Å². The number of hydrogen-bond donors (Lipinski definition) is 1. The first-order valence-electron chi connectivity index (χ1n) is 11.7. The van der Waals surface area contributed by atoms with Crippen molar-refractivity contribution in [3.63, 3.8) is 0 Å². The van der Waals surface area contributed by atoms with Gasteiger partial charge in [-0.2, -0.15) is 0 Å². The third-order valence-electron chi connectivity index (χ3n) is 6.02. The molecule has 0 saturated carbocycles. The molecule has 1 amide bonds. The number of benzene rings is 3. The Hall–Kier alpha value is -4.58. The summed E-state index contributed by atoms with van der Waals surface area (Å²) in [7, 11) is 1.65.